The third-order valence-corrected chi connectivity index (χ3v) is 3.76. The highest BCUT2D eigenvalue weighted by Gasteiger charge is 2.13. The van der Waals surface area contributed by atoms with E-state index in [0.717, 1.165) is 18.0 Å². The van der Waals surface area contributed by atoms with Crippen LogP contribution in [0.4, 0.5) is 0 Å². The molecule has 0 amide bonds. The van der Waals surface area contributed by atoms with Crippen molar-refractivity contribution in [2.45, 2.75) is 32.2 Å². The number of hydrogen-bond acceptors (Lipinski definition) is 5. The molecule has 2 rings (SSSR count). The number of ether oxygens (including phenoxy) is 2. The third-order valence-electron chi connectivity index (χ3n) is 3.76. The normalized spacial score (nSPS) is 14.8. The topological polar surface area (TPSA) is 96.3 Å². The maximum atomic E-state index is 9.10. The van der Waals surface area contributed by atoms with Crippen LogP contribution in [-0.2, 0) is 16.1 Å². The first kappa shape index (κ1) is 19.8. The second-order valence-corrected chi connectivity index (χ2v) is 5.48. The fraction of sp³-hybridized carbons (Fsp3) is 0.529. The Bertz CT molecular complexity index is 526. The summed E-state index contributed by atoms with van der Waals surface area (Å²) in [5, 5.41) is 14.8. The molecule has 1 fully saturated rings. The molecule has 1 saturated heterocycles. The molecular formula is C17H25NO6. The minimum Gasteiger partial charge on any atom is -0.497 e. The second-order valence-electron chi connectivity index (χ2n) is 5.48. The zero-order valence-corrected chi connectivity index (χ0v) is 14.2. The SMILES string of the molecule is COc1ccc(OC)c(CN2CCCCCC2)c1.O=C(O)C(=O)O. The van der Waals surface area contributed by atoms with Crippen LogP contribution in [0, 0.1) is 0 Å². The van der Waals surface area contributed by atoms with Crippen LogP contribution in [0.5, 0.6) is 11.5 Å². The van der Waals surface area contributed by atoms with Gasteiger partial charge in [-0.1, -0.05) is 12.8 Å². The molecule has 0 saturated carbocycles. The number of carboxylic acids is 2. The quantitative estimate of drug-likeness (QED) is 0.812. The number of nitrogens with zero attached hydrogens (tertiary/aromatic N) is 1. The van der Waals surface area contributed by atoms with E-state index >= 15 is 0 Å². The molecule has 0 aromatic heterocycles. The van der Waals surface area contributed by atoms with Gasteiger partial charge in [0.25, 0.3) is 0 Å². The molecule has 1 aliphatic rings. The van der Waals surface area contributed by atoms with Crippen LogP contribution in [-0.4, -0.2) is 54.4 Å². The van der Waals surface area contributed by atoms with Crippen molar-refractivity contribution in [2.24, 2.45) is 0 Å². The van der Waals surface area contributed by atoms with Crippen molar-refractivity contribution >= 4 is 11.9 Å². The molecule has 24 heavy (non-hydrogen) atoms. The maximum Gasteiger partial charge on any atom is 0.414 e. The van der Waals surface area contributed by atoms with Crippen molar-refractivity contribution < 1.29 is 29.3 Å². The predicted molar refractivity (Wildman–Crippen MR) is 88.6 cm³/mol. The molecule has 1 aromatic rings. The van der Waals surface area contributed by atoms with Crippen molar-refractivity contribution in [3.63, 3.8) is 0 Å². The van der Waals surface area contributed by atoms with Gasteiger partial charge in [-0.05, 0) is 44.1 Å². The van der Waals surface area contributed by atoms with E-state index in [9.17, 15) is 0 Å². The summed E-state index contributed by atoms with van der Waals surface area (Å²) in [5.74, 6) is -1.79. The van der Waals surface area contributed by atoms with E-state index in [1.54, 1.807) is 14.2 Å². The van der Waals surface area contributed by atoms with Gasteiger partial charge in [-0.25, -0.2) is 9.59 Å². The van der Waals surface area contributed by atoms with E-state index < -0.39 is 11.9 Å². The van der Waals surface area contributed by atoms with Gasteiger partial charge in [-0.2, -0.15) is 0 Å². The van der Waals surface area contributed by atoms with Gasteiger partial charge in [0.15, 0.2) is 0 Å². The number of rotatable bonds is 4. The Balaban J connectivity index is 0.000000413. The molecule has 0 aliphatic carbocycles. The Hall–Kier alpha value is -2.28. The number of benzene rings is 1. The van der Waals surface area contributed by atoms with Crippen LogP contribution in [0.1, 0.15) is 31.2 Å². The van der Waals surface area contributed by atoms with Gasteiger partial charge in [-0.15, -0.1) is 0 Å². The van der Waals surface area contributed by atoms with Gasteiger partial charge in [-0.3, -0.25) is 4.90 Å². The Kier molecular flexibility index (Phi) is 8.64. The van der Waals surface area contributed by atoms with E-state index in [-0.39, 0.29) is 0 Å². The van der Waals surface area contributed by atoms with Crippen LogP contribution in [0.2, 0.25) is 0 Å². The monoisotopic (exact) mass is 339 g/mol. The van der Waals surface area contributed by atoms with Gasteiger partial charge in [0.05, 0.1) is 14.2 Å². The summed E-state index contributed by atoms with van der Waals surface area (Å²) in [4.78, 5) is 20.7. The summed E-state index contributed by atoms with van der Waals surface area (Å²) >= 11 is 0. The largest absolute Gasteiger partial charge is 0.497 e. The summed E-state index contributed by atoms with van der Waals surface area (Å²) in [5.41, 5.74) is 1.22. The van der Waals surface area contributed by atoms with Gasteiger partial charge in [0.1, 0.15) is 11.5 Å². The highest BCUT2D eigenvalue weighted by molar-refractivity contribution is 6.27. The summed E-state index contributed by atoms with van der Waals surface area (Å²) in [6.07, 6.45) is 5.36. The van der Waals surface area contributed by atoms with Crippen molar-refractivity contribution in [3.8, 4) is 11.5 Å². The number of methoxy groups -OCH3 is 2. The van der Waals surface area contributed by atoms with E-state index in [1.165, 1.54) is 44.3 Å². The van der Waals surface area contributed by atoms with Crippen molar-refractivity contribution in [1.82, 2.24) is 4.90 Å². The number of hydrogen-bond donors (Lipinski definition) is 2. The first-order chi connectivity index (χ1) is 11.5. The molecule has 7 nitrogen and oxygen atoms in total. The van der Waals surface area contributed by atoms with E-state index in [4.69, 9.17) is 29.3 Å². The van der Waals surface area contributed by atoms with Crippen LogP contribution in [0.15, 0.2) is 18.2 Å². The number of carbonyl (C=O) groups is 2. The van der Waals surface area contributed by atoms with Gasteiger partial charge < -0.3 is 19.7 Å². The average Bonchev–Trinajstić information content (AvgIpc) is 2.84. The molecule has 0 atom stereocenters. The Morgan fingerprint density at radius 2 is 1.58 bits per heavy atom. The van der Waals surface area contributed by atoms with Crippen molar-refractivity contribution in [1.29, 1.82) is 0 Å². The van der Waals surface area contributed by atoms with Gasteiger partial charge >= 0.3 is 11.9 Å². The minimum atomic E-state index is -1.82. The van der Waals surface area contributed by atoms with Crippen LogP contribution in [0.25, 0.3) is 0 Å². The number of aliphatic carboxylic acids is 2. The average molecular weight is 339 g/mol. The smallest absolute Gasteiger partial charge is 0.414 e. The fourth-order valence-electron chi connectivity index (χ4n) is 2.54. The Labute approximate surface area is 141 Å². The number of likely N-dealkylation sites (tertiary alicyclic amines) is 1. The molecule has 0 bridgehead atoms. The molecule has 1 heterocycles. The van der Waals surface area contributed by atoms with E-state index in [0.29, 0.717) is 0 Å². The van der Waals surface area contributed by atoms with E-state index in [1.807, 2.05) is 12.1 Å². The number of carboxylic acid groups (broad SMARTS) is 2. The molecular weight excluding hydrogens is 314 g/mol. The molecule has 0 unspecified atom stereocenters. The van der Waals surface area contributed by atoms with Crippen LogP contribution >= 0.6 is 0 Å². The predicted octanol–water partition coefficient (Wildman–Crippen LogP) is 2.24. The standard InChI is InChI=1S/C15H23NO2.C2H2O4/c1-17-14-7-8-15(18-2)13(11-14)12-16-9-5-3-4-6-10-16;3-1(4)2(5)6/h7-8,11H,3-6,9-10,12H2,1-2H3;(H,3,4)(H,5,6). The molecule has 1 aromatic carbocycles. The first-order valence-corrected chi connectivity index (χ1v) is 7.87. The second kappa shape index (κ2) is 10.5. The minimum absolute atomic E-state index is 0.903. The fourth-order valence-corrected chi connectivity index (χ4v) is 2.54. The molecule has 0 spiro atoms. The zero-order chi connectivity index (χ0) is 17.9. The Morgan fingerprint density at radius 3 is 2.04 bits per heavy atom. The summed E-state index contributed by atoms with van der Waals surface area (Å²) in [7, 11) is 3.44. The van der Waals surface area contributed by atoms with Crippen molar-refractivity contribution in [2.75, 3.05) is 27.3 Å². The third kappa shape index (κ3) is 6.87. The molecule has 7 heteroatoms. The summed E-state index contributed by atoms with van der Waals surface area (Å²) < 4.78 is 10.7. The molecule has 0 radical (unpaired) electrons. The zero-order valence-electron chi connectivity index (χ0n) is 14.2. The lowest BCUT2D eigenvalue weighted by atomic mass is 10.1. The lowest BCUT2D eigenvalue weighted by molar-refractivity contribution is -0.159. The lowest BCUT2D eigenvalue weighted by Gasteiger charge is -2.21. The Morgan fingerprint density at radius 1 is 1.00 bits per heavy atom. The first-order valence-electron chi connectivity index (χ1n) is 7.87. The van der Waals surface area contributed by atoms with Crippen LogP contribution in [0.3, 0.4) is 0 Å². The van der Waals surface area contributed by atoms with Crippen LogP contribution < -0.4 is 9.47 Å². The molecule has 1 aliphatic heterocycles. The summed E-state index contributed by atoms with van der Waals surface area (Å²) in [6.45, 7) is 3.35. The van der Waals surface area contributed by atoms with Crippen molar-refractivity contribution in [3.05, 3.63) is 23.8 Å². The molecule has 134 valence electrons. The lowest BCUT2D eigenvalue weighted by Crippen LogP contribution is -2.24. The molecule has 2 N–H and O–H groups in total. The maximum absolute atomic E-state index is 9.10. The van der Waals surface area contributed by atoms with Gasteiger partial charge in [0.2, 0.25) is 0 Å². The summed E-state index contributed by atoms with van der Waals surface area (Å²) in [6, 6.07) is 6.03. The highest BCUT2D eigenvalue weighted by atomic mass is 16.5. The highest BCUT2D eigenvalue weighted by Crippen LogP contribution is 2.26. The van der Waals surface area contributed by atoms with E-state index in [2.05, 4.69) is 11.0 Å². The van der Waals surface area contributed by atoms with Gasteiger partial charge in [0, 0.05) is 12.1 Å².